The van der Waals surface area contributed by atoms with Crippen molar-refractivity contribution in [1.29, 1.82) is 0 Å². The van der Waals surface area contributed by atoms with Gasteiger partial charge in [-0.05, 0) is 12.8 Å². The molecule has 0 aliphatic rings. The minimum Gasteiger partial charge on any atom is -0.466 e. The van der Waals surface area contributed by atoms with Crippen LogP contribution in [0.3, 0.4) is 0 Å². The minimum absolute atomic E-state index is 0.310. The van der Waals surface area contributed by atoms with E-state index in [4.69, 9.17) is 4.84 Å². The van der Waals surface area contributed by atoms with Crippen LogP contribution in [0, 0.1) is 5.92 Å². The molecule has 0 aliphatic carbocycles. The second-order valence-corrected chi connectivity index (χ2v) is 3.43. The largest absolute Gasteiger partial charge is 0.466 e. The van der Waals surface area contributed by atoms with E-state index in [0.717, 1.165) is 0 Å². The number of hydroxylamine groups is 1. The van der Waals surface area contributed by atoms with Crippen molar-refractivity contribution in [2.45, 2.75) is 20.8 Å². The summed E-state index contributed by atoms with van der Waals surface area (Å²) in [6, 6.07) is 0. The highest BCUT2D eigenvalue weighted by Crippen LogP contribution is 1.94. The molecule has 0 fully saturated rings. The van der Waals surface area contributed by atoms with Crippen LogP contribution >= 0.6 is 0 Å². The average Bonchev–Trinajstić information content (AvgIpc) is 2.15. The van der Waals surface area contributed by atoms with Crippen LogP contribution in [0.15, 0.2) is 11.6 Å². The quantitative estimate of drug-likeness (QED) is 0.304. The highest BCUT2D eigenvalue weighted by atomic mass is 16.6. The van der Waals surface area contributed by atoms with Gasteiger partial charge in [-0.15, -0.1) is 0 Å². The molecule has 0 atom stereocenters. The van der Waals surface area contributed by atoms with E-state index in [0.29, 0.717) is 24.6 Å². The van der Waals surface area contributed by atoms with Gasteiger partial charge in [0.25, 0.3) is 0 Å². The Bertz CT molecular complexity index is 200. The lowest BCUT2D eigenvalue weighted by Crippen LogP contribution is -2.18. The molecule has 1 N–H and O–H groups in total. The molecule has 0 bridgehead atoms. The van der Waals surface area contributed by atoms with E-state index in [1.807, 2.05) is 0 Å². The van der Waals surface area contributed by atoms with Gasteiger partial charge in [-0.1, -0.05) is 19.9 Å². The highest BCUT2D eigenvalue weighted by molar-refractivity contribution is 5.87. The topological polar surface area (TPSA) is 47.6 Å². The lowest BCUT2D eigenvalue weighted by molar-refractivity contribution is -0.136. The molecule has 4 heteroatoms. The first kappa shape index (κ1) is 13.1. The van der Waals surface area contributed by atoms with Gasteiger partial charge in [0.15, 0.2) is 0 Å². The molecule has 0 aromatic carbocycles. The summed E-state index contributed by atoms with van der Waals surface area (Å²) in [6.45, 7) is 7.00. The molecule has 0 heterocycles. The van der Waals surface area contributed by atoms with Crippen LogP contribution in [0.2, 0.25) is 0 Å². The van der Waals surface area contributed by atoms with Gasteiger partial charge in [0, 0.05) is 12.1 Å². The lowest BCUT2D eigenvalue weighted by atomic mass is 10.2. The predicted molar refractivity (Wildman–Crippen MR) is 54.6 cm³/mol. The minimum atomic E-state index is -0.310. The third-order valence-electron chi connectivity index (χ3n) is 1.52. The van der Waals surface area contributed by atoms with Crippen LogP contribution in [0.1, 0.15) is 20.8 Å². The summed E-state index contributed by atoms with van der Waals surface area (Å²) in [5, 5.41) is 0. The van der Waals surface area contributed by atoms with Crippen molar-refractivity contribution in [3.8, 4) is 0 Å². The molecule has 0 amide bonds. The molecule has 0 saturated heterocycles. The van der Waals surface area contributed by atoms with Crippen molar-refractivity contribution in [3.63, 3.8) is 0 Å². The van der Waals surface area contributed by atoms with Crippen LogP contribution < -0.4 is 5.48 Å². The molecule has 0 aromatic heterocycles. The first-order valence-corrected chi connectivity index (χ1v) is 4.67. The Morgan fingerprint density at radius 1 is 1.50 bits per heavy atom. The maximum absolute atomic E-state index is 10.9. The Morgan fingerprint density at radius 3 is 2.64 bits per heavy atom. The summed E-state index contributed by atoms with van der Waals surface area (Å²) in [5.74, 6) is 0.184. The third kappa shape index (κ3) is 6.62. The Morgan fingerprint density at radius 2 is 2.14 bits per heavy atom. The number of nitrogens with one attached hydrogen (secondary N) is 1. The number of rotatable bonds is 6. The molecule has 0 rings (SSSR count). The van der Waals surface area contributed by atoms with Gasteiger partial charge in [0.1, 0.15) is 0 Å². The molecule has 0 aliphatic heterocycles. The summed E-state index contributed by atoms with van der Waals surface area (Å²) in [7, 11) is 1.36. The van der Waals surface area contributed by atoms with E-state index in [2.05, 4.69) is 24.1 Å². The van der Waals surface area contributed by atoms with Crippen LogP contribution in [0.5, 0.6) is 0 Å². The number of esters is 1. The molecule has 0 saturated carbocycles. The Labute approximate surface area is 85.2 Å². The van der Waals surface area contributed by atoms with Crippen molar-refractivity contribution in [2.24, 2.45) is 5.92 Å². The molecule has 0 unspecified atom stereocenters. The normalized spacial score (nSPS) is 11.9. The van der Waals surface area contributed by atoms with E-state index < -0.39 is 0 Å². The van der Waals surface area contributed by atoms with Crippen molar-refractivity contribution < 1.29 is 14.4 Å². The van der Waals surface area contributed by atoms with E-state index in [-0.39, 0.29) is 5.97 Å². The summed E-state index contributed by atoms with van der Waals surface area (Å²) < 4.78 is 4.53. The Kier molecular flexibility index (Phi) is 7.06. The number of methoxy groups -OCH3 is 1. The fourth-order valence-electron chi connectivity index (χ4n) is 0.724. The Balaban J connectivity index is 3.56. The van der Waals surface area contributed by atoms with Gasteiger partial charge in [-0.2, -0.15) is 5.48 Å². The second-order valence-electron chi connectivity index (χ2n) is 3.43. The molecular weight excluding hydrogens is 182 g/mol. The molecule has 4 nitrogen and oxygen atoms in total. The van der Waals surface area contributed by atoms with Crippen LogP contribution in [0.25, 0.3) is 0 Å². The van der Waals surface area contributed by atoms with Gasteiger partial charge in [0.2, 0.25) is 0 Å². The maximum atomic E-state index is 10.9. The highest BCUT2D eigenvalue weighted by Gasteiger charge is 2.01. The maximum Gasteiger partial charge on any atom is 0.333 e. The molecule has 14 heavy (non-hydrogen) atoms. The monoisotopic (exact) mass is 201 g/mol. The van der Waals surface area contributed by atoms with E-state index in [1.54, 1.807) is 13.0 Å². The fourth-order valence-corrected chi connectivity index (χ4v) is 0.724. The van der Waals surface area contributed by atoms with Crippen molar-refractivity contribution in [1.82, 2.24) is 5.48 Å². The van der Waals surface area contributed by atoms with Crippen LogP contribution in [0.4, 0.5) is 0 Å². The van der Waals surface area contributed by atoms with Gasteiger partial charge < -0.3 is 9.57 Å². The van der Waals surface area contributed by atoms with E-state index in [9.17, 15) is 4.79 Å². The summed E-state index contributed by atoms with van der Waals surface area (Å²) in [5.41, 5.74) is 3.32. The Hall–Kier alpha value is -0.870. The third-order valence-corrected chi connectivity index (χ3v) is 1.52. The first-order chi connectivity index (χ1) is 6.57. The van der Waals surface area contributed by atoms with E-state index >= 15 is 0 Å². The number of hydrogen-bond donors (Lipinski definition) is 1. The summed E-state index contributed by atoms with van der Waals surface area (Å²) >= 11 is 0. The lowest BCUT2D eigenvalue weighted by Gasteiger charge is -2.06. The number of carbonyl (C=O) groups excluding carboxylic acids is 1. The standard InChI is InChI=1S/C10H19NO3/c1-8(2)7-14-11-6-5-9(3)10(12)13-4/h5,8,11H,6-7H2,1-4H3. The summed E-state index contributed by atoms with van der Waals surface area (Å²) in [4.78, 5) is 16.0. The van der Waals surface area contributed by atoms with Gasteiger partial charge in [0.05, 0.1) is 13.7 Å². The van der Waals surface area contributed by atoms with E-state index in [1.165, 1.54) is 7.11 Å². The molecular formula is C10H19NO3. The number of ether oxygens (including phenoxy) is 1. The zero-order valence-electron chi connectivity index (χ0n) is 9.29. The fraction of sp³-hybridized carbons (Fsp3) is 0.700. The second kappa shape index (κ2) is 7.53. The SMILES string of the molecule is COC(=O)C(C)=CCNOCC(C)C. The zero-order valence-corrected chi connectivity index (χ0v) is 9.29. The zero-order chi connectivity index (χ0) is 11.0. The predicted octanol–water partition coefficient (Wildman–Crippen LogP) is 1.28. The number of hydrogen-bond acceptors (Lipinski definition) is 4. The van der Waals surface area contributed by atoms with Gasteiger partial charge in [-0.25, -0.2) is 4.79 Å². The molecule has 82 valence electrons. The molecule has 0 radical (unpaired) electrons. The van der Waals surface area contributed by atoms with Gasteiger partial charge in [-0.3, -0.25) is 0 Å². The van der Waals surface area contributed by atoms with Crippen molar-refractivity contribution >= 4 is 5.97 Å². The first-order valence-electron chi connectivity index (χ1n) is 4.67. The van der Waals surface area contributed by atoms with Gasteiger partial charge >= 0.3 is 5.97 Å². The average molecular weight is 201 g/mol. The van der Waals surface area contributed by atoms with Crippen molar-refractivity contribution in [3.05, 3.63) is 11.6 Å². The van der Waals surface area contributed by atoms with Crippen LogP contribution in [-0.4, -0.2) is 26.2 Å². The number of carbonyl (C=O) groups is 1. The van der Waals surface area contributed by atoms with Crippen molar-refractivity contribution in [2.75, 3.05) is 20.3 Å². The molecule has 0 spiro atoms. The van der Waals surface area contributed by atoms with Crippen LogP contribution in [-0.2, 0) is 14.4 Å². The molecule has 0 aromatic rings. The smallest absolute Gasteiger partial charge is 0.333 e. The summed E-state index contributed by atoms with van der Waals surface area (Å²) in [6.07, 6.45) is 1.73.